The summed E-state index contributed by atoms with van der Waals surface area (Å²) in [6.07, 6.45) is 7.98. The molecule has 1 saturated heterocycles. The smallest absolute Gasteiger partial charge is 0.320 e. The van der Waals surface area contributed by atoms with Crippen molar-refractivity contribution in [1.29, 1.82) is 0 Å². The molecule has 1 fully saturated rings. The number of piperidine rings is 1. The van der Waals surface area contributed by atoms with Gasteiger partial charge in [-0.25, -0.2) is 19.4 Å². The zero-order valence-corrected chi connectivity index (χ0v) is 14.2. The number of hydrogen-bond acceptors (Lipinski definition) is 5. The fourth-order valence-corrected chi connectivity index (χ4v) is 2.97. The Morgan fingerprint density at radius 2 is 2.04 bits per heavy atom. The maximum absolute atomic E-state index is 11.8. The molecule has 1 aliphatic heterocycles. The summed E-state index contributed by atoms with van der Waals surface area (Å²) >= 11 is 0. The van der Waals surface area contributed by atoms with Crippen LogP contribution in [0.25, 0.3) is 11.0 Å². The van der Waals surface area contributed by atoms with E-state index in [1.165, 1.54) is 38.7 Å². The molecule has 0 aromatic carbocycles. The van der Waals surface area contributed by atoms with Crippen molar-refractivity contribution >= 4 is 22.9 Å². The summed E-state index contributed by atoms with van der Waals surface area (Å²) in [5.74, 6) is 0.498. The average Bonchev–Trinajstić information content (AvgIpc) is 3.03. The molecule has 8 heteroatoms. The number of anilines is 1. The zero-order valence-electron chi connectivity index (χ0n) is 14.2. The highest BCUT2D eigenvalue weighted by atomic mass is 16.2. The Morgan fingerprint density at radius 1 is 1.21 bits per heavy atom. The zero-order chi connectivity index (χ0) is 16.8. The maximum atomic E-state index is 11.8. The molecule has 2 aromatic rings. The summed E-state index contributed by atoms with van der Waals surface area (Å²) in [6, 6.07) is -0.252. The van der Waals surface area contributed by atoms with Gasteiger partial charge in [-0.1, -0.05) is 13.3 Å². The molecule has 2 aromatic heterocycles. The molecular weight excluding hydrogens is 306 g/mol. The Labute approximate surface area is 141 Å². The van der Waals surface area contributed by atoms with Crippen LogP contribution in [0.2, 0.25) is 0 Å². The first-order valence-corrected chi connectivity index (χ1v) is 8.71. The van der Waals surface area contributed by atoms with Gasteiger partial charge in [0.25, 0.3) is 0 Å². The van der Waals surface area contributed by atoms with E-state index in [2.05, 4.69) is 30.6 Å². The SMILES string of the molecule is CCCNC(=O)Nc1ncnc2c1cnn2CCN1CCCCC1. The highest BCUT2D eigenvalue weighted by Crippen LogP contribution is 2.18. The van der Waals surface area contributed by atoms with Gasteiger partial charge in [-0.15, -0.1) is 0 Å². The number of carbonyl (C=O) groups is 1. The first kappa shape index (κ1) is 16.6. The number of nitrogens with one attached hydrogen (secondary N) is 2. The Kier molecular flexibility index (Phi) is 5.58. The summed E-state index contributed by atoms with van der Waals surface area (Å²) in [5.41, 5.74) is 0.757. The van der Waals surface area contributed by atoms with Crippen LogP contribution in [-0.4, -0.2) is 56.9 Å². The van der Waals surface area contributed by atoms with Gasteiger partial charge in [-0.05, 0) is 32.4 Å². The van der Waals surface area contributed by atoms with Crippen molar-refractivity contribution < 1.29 is 4.79 Å². The van der Waals surface area contributed by atoms with Gasteiger partial charge in [0.1, 0.15) is 12.1 Å². The molecule has 3 heterocycles. The van der Waals surface area contributed by atoms with Crippen molar-refractivity contribution in [2.24, 2.45) is 0 Å². The maximum Gasteiger partial charge on any atom is 0.320 e. The van der Waals surface area contributed by atoms with E-state index >= 15 is 0 Å². The van der Waals surface area contributed by atoms with Crippen molar-refractivity contribution in [3.63, 3.8) is 0 Å². The van der Waals surface area contributed by atoms with Crippen LogP contribution in [0.1, 0.15) is 32.6 Å². The van der Waals surface area contributed by atoms with Gasteiger partial charge in [0.05, 0.1) is 18.1 Å². The molecule has 130 valence electrons. The Morgan fingerprint density at radius 3 is 2.83 bits per heavy atom. The van der Waals surface area contributed by atoms with Crippen LogP contribution >= 0.6 is 0 Å². The van der Waals surface area contributed by atoms with Crippen LogP contribution in [-0.2, 0) is 6.54 Å². The number of rotatable bonds is 6. The molecule has 0 saturated carbocycles. The van der Waals surface area contributed by atoms with Gasteiger partial charge in [0, 0.05) is 13.1 Å². The summed E-state index contributed by atoms with van der Waals surface area (Å²) in [6.45, 7) is 6.74. The van der Waals surface area contributed by atoms with E-state index in [1.54, 1.807) is 6.20 Å². The number of nitrogens with zero attached hydrogens (tertiary/aromatic N) is 5. The van der Waals surface area contributed by atoms with Crippen molar-refractivity contribution in [2.75, 3.05) is 31.5 Å². The Hall–Kier alpha value is -2.22. The van der Waals surface area contributed by atoms with Crippen molar-refractivity contribution in [3.05, 3.63) is 12.5 Å². The molecule has 0 unspecified atom stereocenters. The van der Waals surface area contributed by atoms with Crippen LogP contribution in [0, 0.1) is 0 Å². The molecule has 3 rings (SSSR count). The Bertz CT molecular complexity index is 678. The van der Waals surface area contributed by atoms with E-state index in [-0.39, 0.29) is 6.03 Å². The van der Waals surface area contributed by atoms with Gasteiger partial charge in [0.2, 0.25) is 0 Å². The molecule has 8 nitrogen and oxygen atoms in total. The summed E-state index contributed by atoms with van der Waals surface area (Å²) in [4.78, 5) is 22.8. The normalized spacial score (nSPS) is 15.5. The summed E-state index contributed by atoms with van der Waals surface area (Å²) in [5, 5.41) is 10.7. The van der Waals surface area contributed by atoms with E-state index in [1.807, 2.05) is 11.6 Å². The second kappa shape index (κ2) is 8.05. The van der Waals surface area contributed by atoms with Crippen LogP contribution < -0.4 is 10.6 Å². The number of fused-ring (bicyclic) bond motifs is 1. The minimum atomic E-state index is -0.252. The van der Waals surface area contributed by atoms with Crippen molar-refractivity contribution in [3.8, 4) is 0 Å². The van der Waals surface area contributed by atoms with E-state index < -0.39 is 0 Å². The summed E-state index contributed by atoms with van der Waals surface area (Å²) in [7, 11) is 0. The fraction of sp³-hybridized carbons (Fsp3) is 0.625. The second-order valence-electron chi connectivity index (χ2n) is 6.11. The number of aromatic nitrogens is 4. The molecule has 0 aliphatic carbocycles. The first-order chi connectivity index (χ1) is 11.8. The third-order valence-electron chi connectivity index (χ3n) is 4.28. The number of urea groups is 1. The topological polar surface area (TPSA) is 88.0 Å². The van der Waals surface area contributed by atoms with E-state index in [4.69, 9.17) is 0 Å². The molecule has 1 aliphatic rings. The minimum Gasteiger partial charge on any atom is -0.338 e. The van der Waals surface area contributed by atoms with E-state index in [9.17, 15) is 4.79 Å². The van der Waals surface area contributed by atoms with Gasteiger partial charge < -0.3 is 10.2 Å². The monoisotopic (exact) mass is 331 g/mol. The number of hydrogen-bond donors (Lipinski definition) is 2. The third kappa shape index (κ3) is 4.00. The predicted octanol–water partition coefficient (Wildman–Crippen LogP) is 1.84. The standard InChI is InChI=1S/C16H25N7O/c1-2-6-17-16(24)21-14-13-11-20-23(15(13)19-12-18-14)10-9-22-7-4-3-5-8-22/h11-12H,2-10H2,1H3,(H2,17,18,19,21,24). The number of carbonyl (C=O) groups excluding carboxylic acids is 1. The van der Waals surface area contributed by atoms with Crippen LogP contribution in [0.5, 0.6) is 0 Å². The highest BCUT2D eigenvalue weighted by molar-refractivity contribution is 5.97. The molecule has 2 amide bonds. The number of amides is 2. The first-order valence-electron chi connectivity index (χ1n) is 8.71. The average molecular weight is 331 g/mol. The van der Waals surface area contributed by atoms with Crippen molar-refractivity contribution in [2.45, 2.75) is 39.2 Å². The van der Waals surface area contributed by atoms with Crippen LogP contribution in [0.3, 0.4) is 0 Å². The largest absolute Gasteiger partial charge is 0.338 e. The van der Waals surface area contributed by atoms with Gasteiger partial charge in [0.15, 0.2) is 5.65 Å². The van der Waals surface area contributed by atoms with Gasteiger partial charge in [-0.2, -0.15) is 5.10 Å². The fourth-order valence-electron chi connectivity index (χ4n) is 2.97. The Balaban J connectivity index is 1.67. The molecular formula is C16H25N7O. The van der Waals surface area contributed by atoms with Crippen LogP contribution in [0.15, 0.2) is 12.5 Å². The molecule has 0 radical (unpaired) electrons. The lowest BCUT2D eigenvalue weighted by molar-refractivity contribution is 0.219. The van der Waals surface area contributed by atoms with Gasteiger partial charge in [-0.3, -0.25) is 5.32 Å². The van der Waals surface area contributed by atoms with E-state index in [0.717, 1.165) is 30.5 Å². The molecule has 0 atom stereocenters. The highest BCUT2D eigenvalue weighted by Gasteiger charge is 2.14. The summed E-state index contributed by atoms with van der Waals surface area (Å²) < 4.78 is 1.89. The lowest BCUT2D eigenvalue weighted by Crippen LogP contribution is -2.32. The van der Waals surface area contributed by atoms with Crippen molar-refractivity contribution in [1.82, 2.24) is 30.0 Å². The quantitative estimate of drug-likeness (QED) is 0.843. The predicted molar refractivity (Wildman–Crippen MR) is 92.9 cm³/mol. The lowest BCUT2D eigenvalue weighted by atomic mass is 10.1. The second-order valence-corrected chi connectivity index (χ2v) is 6.11. The third-order valence-corrected chi connectivity index (χ3v) is 4.28. The molecule has 0 bridgehead atoms. The molecule has 24 heavy (non-hydrogen) atoms. The van der Waals surface area contributed by atoms with E-state index in [0.29, 0.717) is 12.4 Å². The number of likely N-dealkylation sites (tertiary alicyclic amines) is 1. The lowest BCUT2D eigenvalue weighted by Gasteiger charge is -2.26. The molecule has 0 spiro atoms. The minimum absolute atomic E-state index is 0.252. The van der Waals surface area contributed by atoms with Crippen LogP contribution in [0.4, 0.5) is 10.6 Å². The molecule has 2 N–H and O–H groups in total. The van der Waals surface area contributed by atoms with Gasteiger partial charge >= 0.3 is 6.03 Å².